The first-order valence-electron chi connectivity index (χ1n) is 10.4. The second kappa shape index (κ2) is 9.44. The van der Waals surface area contributed by atoms with Crippen molar-refractivity contribution in [3.8, 4) is 5.69 Å². The Hall–Kier alpha value is -3.04. The molecule has 170 valence electrons. The molecule has 3 N–H and O–H groups in total. The van der Waals surface area contributed by atoms with Crippen molar-refractivity contribution in [1.82, 2.24) is 9.55 Å². The van der Waals surface area contributed by atoms with Crippen molar-refractivity contribution in [2.75, 3.05) is 11.1 Å². The molecule has 0 bridgehead atoms. The van der Waals surface area contributed by atoms with E-state index < -0.39 is 5.91 Å². The van der Waals surface area contributed by atoms with E-state index in [1.165, 1.54) is 11.8 Å². The number of rotatable bonds is 6. The standard InChI is InChI=1S/C24H24N4O3S2/c1-13-8-14(2)10-18(9-13)28-23(31)21-19(11-15(3)33-21)27-24(28)32-12-20(29)26-17-6-4-16(5-7-17)22(25)30/h4-10,15H,11-12H2,1-3H3,(H2,25,30)(H,26,29). The van der Waals surface area contributed by atoms with E-state index in [0.29, 0.717) is 26.6 Å². The number of thioether (sulfide) groups is 2. The minimum absolute atomic E-state index is 0.0797. The lowest BCUT2D eigenvalue weighted by Gasteiger charge is -2.15. The molecular formula is C24H24N4O3S2. The summed E-state index contributed by atoms with van der Waals surface area (Å²) in [6, 6.07) is 12.3. The van der Waals surface area contributed by atoms with Gasteiger partial charge in [-0.3, -0.25) is 19.0 Å². The third kappa shape index (κ3) is 5.15. The molecule has 33 heavy (non-hydrogen) atoms. The molecule has 1 aliphatic rings. The highest BCUT2D eigenvalue weighted by Gasteiger charge is 2.27. The minimum Gasteiger partial charge on any atom is -0.366 e. The monoisotopic (exact) mass is 480 g/mol. The quantitative estimate of drug-likeness (QED) is 0.411. The van der Waals surface area contributed by atoms with Gasteiger partial charge in [0, 0.05) is 22.9 Å². The summed E-state index contributed by atoms with van der Waals surface area (Å²) in [5.41, 5.74) is 9.73. The van der Waals surface area contributed by atoms with Crippen LogP contribution in [-0.2, 0) is 11.2 Å². The highest BCUT2D eigenvalue weighted by molar-refractivity contribution is 8.00. The lowest BCUT2D eigenvalue weighted by atomic mass is 10.1. The van der Waals surface area contributed by atoms with Crippen LogP contribution in [0.1, 0.15) is 34.1 Å². The Morgan fingerprint density at radius 1 is 1.18 bits per heavy atom. The Labute approximate surface area is 200 Å². The van der Waals surface area contributed by atoms with E-state index in [2.05, 4.69) is 18.3 Å². The number of carbonyl (C=O) groups is 2. The fourth-order valence-electron chi connectivity index (χ4n) is 3.75. The minimum atomic E-state index is -0.525. The molecule has 3 aromatic rings. The number of aromatic nitrogens is 2. The van der Waals surface area contributed by atoms with E-state index in [0.717, 1.165) is 28.9 Å². The van der Waals surface area contributed by atoms with Gasteiger partial charge in [-0.2, -0.15) is 0 Å². The fraction of sp³-hybridized carbons (Fsp3) is 0.250. The van der Waals surface area contributed by atoms with Gasteiger partial charge in [0.25, 0.3) is 5.56 Å². The van der Waals surface area contributed by atoms with E-state index in [1.54, 1.807) is 40.6 Å². The Morgan fingerprint density at radius 3 is 2.48 bits per heavy atom. The number of anilines is 1. The molecule has 0 fully saturated rings. The van der Waals surface area contributed by atoms with Gasteiger partial charge >= 0.3 is 0 Å². The van der Waals surface area contributed by atoms with Crippen LogP contribution < -0.4 is 16.6 Å². The fourth-order valence-corrected chi connectivity index (χ4v) is 5.67. The summed E-state index contributed by atoms with van der Waals surface area (Å²) in [7, 11) is 0. The van der Waals surface area contributed by atoms with Crippen LogP contribution in [0.5, 0.6) is 0 Å². The largest absolute Gasteiger partial charge is 0.366 e. The van der Waals surface area contributed by atoms with Crippen LogP contribution in [0.2, 0.25) is 0 Å². The predicted octanol–water partition coefficient (Wildman–Crippen LogP) is 3.72. The number of nitrogens with two attached hydrogens (primary N) is 1. The van der Waals surface area contributed by atoms with Gasteiger partial charge in [-0.15, -0.1) is 11.8 Å². The number of fused-ring (bicyclic) bond motifs is 1. The molecule has 0 radical (unpaired) electrons. The smallest absolute Gasteiger partial charge is 0.272 e. The average Bonchev–Trinajstić information content (AvgIpc) is 3.12. The van der Waals surface area contributed by atoms with Crippen LogP contribution in [0.3, 0.4) is 0 Å². The zero-order valence-corrected chi connectivity index (χ0v) is 20.2. The first kappa shape index (κ1) is 23.1. The Morgan fingerprint density at radius 2 is 1.85 bits per heavy atom. The van der Waals surface area contributed by atoms with E-state index in [1.807, 2.05) is 26.0 Å². The van der Waals surface area contributed by atoms with Gasteiger partial charge in [-0.25, -0.2) is 4.98 Å². The molecule has 1 aliphatic heterocycles. The molecule has 2 amide bonds. The third-order valence-electron chi connectivity index (χ3n) is 5.13. The molecule has 1 unspecified atom stereocenters. The lowest BCUT2D eigenvalue weighted by molar-refractivity contribution is -0.113. The normalized spacial score (nSPS) is 14.7. The highest BCUT2D eigenvalue weighted by atomic mass is 32.2. The molecule has 9 heteroatoms. The molecule has 2 aromatic carbocycles. The predicted molar refractivity (Wildman–Crippen MR) is 133 cm³/mol. The topological polar surface area (TPSA) is 107 Å². The molecule has 4 rings (SSSR count). The van der Waals surface area contributed by atoms with E-state index in [-0.39, 0.29) is 17.2 Å². The molecule has 0 aliphatic carbocycles. The Bertz CT molecular complexity index is 1280. The number of nitrogens with zero attached hydrogens (tertiary/aromatic N) is 2. The van der Waals surface area contributed by atoms with Gasteiger partial charge in [-0.1, -0.05) is 24.8 Å². The van der Waals surface area contributed by atoms with Gasteiger partial charge in [0.2, 0.25) is 11.8 Å². The van der Waals surface area contributed by atoms with E-state index in [9.17, 15) is 14.4 Å². The third-order valence-corrected chi connectivity index (χ3v) is 7.28. The highest BCUT2D eigenvalue weighted by Crippen LogP contribution is 2.35. The SMILES string of the molecule is Cc1cc(C)cc(-n2c(SCC(=O)Nc3ccc(C(N)=O)cc3)nc3c(c2=O)SC(C)C3)c1. The maximum Gasteiger partial charge on any atom is 0.272 e. The number of primary amides is 1. The van der Waals surface area contributed by atoms with Gasteiger partial charge in [-0.05, 0) is 61.4 Å². The van der Waals surface area contributed by atoms with Crippen molar-refractivity contribution in [2.24, 2.45) is 5.73 Å². The molecule has 0 saturated heterocycles. The number of amides is 2. The van der Waals surface area contributed by atoms with Gasteiger partial charge < -0.3 is 11.1 Å². The van der Waals surface area contributed by atoms with Crippen molar-refractivity contribution in [3.05, 3.63) is 75.2 Å². The van der Waals surface area contributed by atoms with Crippen LogP contribution in [0.4, 0.5) is 5.69 Å². The maximum absolute atomic E-state index is 13.4. The summed E-state index contributed by atoms with van der Waals surface area (Å²) in [5, 5.41) is 3.59. The van der Waals surface area contributed by atoms with Gasteiger partial charge in [0.1, 0.15) is 0 Å². The Balaban J connectivity index is 1.61. The van der Waals surface area contributed by atoms with Crippen LogP contribution >= 0.6 is 23.5 Å². The number of aryl methyl sites for hydroxylation is 2. The molecule has 1 atom stereocenters. The molecule has 0 spiro atoms. The molecule has 0 saturated carbocycles. The van der Waals surface area contributed by atoms with Crippen molar-refractivity contribution >= 4 is 41.0 Å². The summed E-state index contributed by atoms with van der Waals surface area (Å²) in [5.74, 6) is -0.685. The molecular weight excluding hydrogens is 456 g/mol. The average molecular weight is 481 g/mol. The molecule has 7 nitrogen and oxygen atoms in total. The lowest BCUT2D eigenvalue weighted by Crippen LogP contribution is -2.25. The van der Waals surface area contributed by atoms with E-state index in [4.69, 9.17) is 10.7 Å². The van der Waals surface area contributed by atoms with Crippen LogP contribution in [0, 0.1) is 13.8 Å². The van der Waals surface area contributed by atoms with E-state index >= 15 is 0 Å². The first-order valence-corrected chi connectivity index (χ1v) is 12.3. The number of benzene rings is 2. The van der Waals surface area contributed by atoms with Crippen LogP contribution in [-0.4, -0.2) is 32.4 Å². The van der Waals surface area contributed by atoms with Gasteiger partial charge in [0.05, 0.1) is 22.0 Å². The summed E-state index contributed by atoms with van der Waals surface area (Å²) in [4.78, 5) is 42.7. The summed E-state index contributed by atoms with van der Waals surface area (Å²) >= 11 is 2.78. The second-order valence-electron chi connectivity index (χ2n) is 8.07. The maximum atomic E-state index is 13.4. The van der Waals surface area contributed by atoms with Crippen molar-refractivity contribution in [2.45, 2.75) is 42.5 Å². The number of nitrogens with one attached hydrogen (secondary N) is 1. The number of hydrogen-bond acceptors (Lipinski definition) is 6. The zero-order valence-electron chi connectivity index (χ0n) is 18.5. The summed E-state index contributed by atoms with van der Waals surface area (Å²) in [6.07, 6.45) is 0.731. The first-order chi connectivity index (χ1) is 15.7. The van der Waals surface area contributed by atoms with Gasteiger partial charge in [0.15, 0.2) is 5.16 Å². The van der Waals surface area contributed by atoms with Crippen LogP contribution in [0.15, 0.2) is 57.3 Å². The van der Waals surface area contributed by atoms with Crippen molar-refractivity contribution in [1.29, 1.82) is 0 Å². The number of carbonyl (C=O) groups excluding carboxylic acids is 2. The second-order valence-corrected chi connectivity index (χ2v) is 10.5. The van der Waals surface area contributed by atoms with Crippen molar-refractivity contribution in [3.63, 3.8) is 0 Å². The Kier molecular flexibility index (Phi) is 6.62. The summed E-state index contributed by atoms with van der Waals surface area (Å²) in [6.45, 7) is 6.06. The molecule has 2 heterocycles. The zero-order chi connectivity index (χ0) is 23.7. The summed E-state index contributed by atoms with van der Waals surface area (Å²) < 4.78 is 1.61. The van der Waals surface area contributed by atoms with Crippen LogP contribution in [0.25, 0.3) is 5.69 Å². The molecule has 1 aromatic heterocycles. The number of hydrogen-bond donors (Lipinski definition) is 2. The van der Waals surface area contributed by atoms with Crippen molar-refractivity contribution < 1.29 is 9.59 Å².